The summed E-state index contributed by atoms with van der Waals surface area (Å²) in [6, 6.07) is 7.78. The number of nitrogens with one attached hydrogen (secondary N) is 1. The minimum absolute atomic E-state index is 0.0927. The highest BCUT2D eigenvalue weighted by Gasteiger charge is 2.33. The monoisotopic (exact) mass is 401 g/mol. The number of hydrogen-bond acceptors (Lipinski definition) is 3. The van der Waals surface area contributed by atoms with Crippen molar-refractivity contribution < 1.29 is 22.5 Å². The van der Waals surface area contributed by atoms with E-state index in [-0.39, 0.29) is 35.2 Å². The first kappa shape index (κ1) is 19.0. The number of amides is 2. The zero-order chi connectivity index (χ0) is 20.7. The highest BCUT2D eigenvalue weighted by molar-refractivity contribution is 5.90. The number of urea groups is 1. The average Bonchev–Trinajstić information content (AvgIpc) is 3.08. The van der Waals surface area contributed by atoms with Crippen LogP contribution in [-0.2, 0) is 13.0 Å². The largest absolute Gasteiger partial charge is 0.356 e. The second kappa shape index (κ2) is 7.27. The van der Waals surface area contributed by atoms with E-state index in [1.54, 1.807) is 18.2 Å². The summed E-state index contributed by atoms with van der Waals surface area (Å²) in [4.78, 5) is 14.3. The topological polar surface area (TPSA) is 58.4 Å². The van der Waals surface area contributed by atoms with Crippen molar-refractivity contribution in [1.29, 1.82) is 0 Å². The van der Waals surface area contributed by atoms with Crippen molar-refractivity contribution in [3.8, 4) is 11.3 Å². The van der Waals surface area contributed by atoms with Crippen molar-refractivity contribution in [2.75, 3.05) is 5.32 Å². The van der Waals surface area contributed by atoms with Crippen LogP contribution in [-0.4, -0.2) is 22.1 Å². The number of rotatable bonds is 2. The molecule has 0 fully saturated rings. The maximum absolute atomic E-state index is 14.2. The van der Waals surface area contributed by atoms with Gasteiger partial charge in [0.1, 0.15) is 5.82 Å². The first-order chi connectivity index (χ1) is 13.8. The van der Waals surface area contributed by atoms with Crippen LogP contribution in [0.1, 0.15) is 23.7 Å². The fraction of sp³-hybridized carbons (Fsp3) is 0.238. The number of hydrogen-bond donors (Lipinski definition) is 1. The third kappa shape index (κ3) is 3.46. The maximum atomic E-state index is 14.2. The highest BCUT2D eigenvalue weighted by Crippen LogP contribution is 2.34. The van der Waals surface area contributed by atoms with E-state index >= 15 is 0 Å². The van der Waals surface area contributed by atoms with E-state index < -0.39 is 23.5 Å². The summed E-state index contributed by atoms with van der Waals surface area (Å²) in [6.07, 6.45) is 0.428. The molecule has 1 aliphatic rings. The Kier molecular flexibility index (Phi) is 4.77. The molecule has 0 aliphatic carbocycles. The van der Waals surface area contributed by atoms with Gasteiger partial charge in [-0.15, -0.1) is 0 Å². The first-order valence-corrected chi connectivity index (χ1v) is 9.10. The molecule has 5 nitrogen and oxygen atoms in total. The molecule has 4 rings (SSSR count). The third-order valence-electron chi connectivity index (χ3n) is 5.06. The predicted molar refractivity (Wildman–Crippen MR) is 101 cm³/mol. The van der Waals surface area contributed by atoms with Crippen molar-refractivity contribution in [2.24, 2.45) is 0 Å². The molecule has 1 aliphatic heterocycles. The SMILES string of the molecule is Cc1cc(NC(=O)N2Cc3c(noc3-c3ccccc3F)C[C@@H]2C)cc(F)c1F. The van der Waals surface area contributed by atoms with Gasteiger partial charge in [-0.3, -0.25) is 0 Å². The van der Waals surface area contributed by atoms with Crippen LogP contribution in [0, 0.1) is 24.4 Å². The van der Waals surface area contributed by atoms with Crippen LogP contribution in [0.3, 0.4) is 0 Å². The van der Waals surface area contributed by atoms with E-state index in [1.807, 2.05) is 6.92 Å². The molecule has 0 saturated carbocycles. The molecular formula is C21H18F3N3O2. The van der Waals surface area contributed by atoms with Gasteiger partial charge in [-0.1, -0.05) is 17.3 Å². The standard InChI is InChI=1S/C21H18F3N3O2/c1-11-7-13(9-17(23)19(11)24)25-21(28)27-10-15-18(8-12(27)2)26-29-20(15)14-5-3-4-6-16(14)22/h3-7,9,12H,8,10H2,1-2H3,(H,25,28)/t12-/m0/s1. The summed E-state index contributed by atoms with van der Waals surface area (Å²) >= 11 is 0. The van der Waals surface area contributed by atoms with Crippen molar-refractivity contribution in [3.05, 3.63) is 70.7 Å². The Hall–Kier alpha value is -3.29. The van der Waals surface area contributed by atoms with Gasteiger partial charge in [-0.2, -0.15) is 0 Å². The lowest BCUT2D eigenvalue weighted by Crippen LogP contribution is -2.44. The predicted octanol–water partition coefficient (Wildman–Crippen LogP) is 5.05. The summed E-state index contributed by atoms with van der Waals surface area (Å²) < 4.78 is 46.7. The molecule has 150 valence electrons. The normalized spacial score (nSPS) is 15.9. The molecule has 29 heavy (non-hydrogen) atoms. The summed E-state index contributed by atoms with van der Waals surface area (Å²) in [5, 5.41) is 6.64. The molecule has 8 heteroatoms. The van der Waals surface area contributed by atoms with Crippen LogP contribution in [0.5, 0.6) is 0 Å². The Morgan fingerprint density at radius 3 is 2.69 bits per heavy atom. The number of halogens is 3. The summed E-state index contributed by atoms with van der Waals surface area (Å²) in [6.45, 7) is 3.41. The minimum atomic E-state index is -1.03. The van der Waals surface area contributed by atoms with Crippen molar-refractivity contribution >= 4 is 11.7 Å². The molecule has 0 saturated heterocycles. The van der Waals surface area contributed by atoms with Gasteiger partial charge in [0.2, 0.25) is 0 Å². The molecule has 0 bridgehead atoms. The van der Waals surface area contributed by atoms with Gasteiger partial charge in [-0.25, -0.2) is 18.0 Å². The summed E-state index contributed by atoms with van der Waals surface area (Å²) in [5.74, 6) is -2.14. The molecular weight excluding hydrogens is 383 g/mol. The smallest absolute Gasteiger partial charge is 0.322 e. The number of carbonyl (C=O) groups is 1. The average molecular weight is 401 g/mol. The lowest BCUT2D eigenvalue weighted by molar-refractivity contribution is 0.182. The Bertz CT molecular complexity index is 1070. The molecule has 2 heterocycles. The molecule has 1 atom stereocenters. The van der Waals surface area contributed by atoms with Crippen LogP contribution in [0.15, 0.2) is 40.9 Å². The first-order valence-electron chi connectivity index (χ1n) is 9.10. The maximum Gasteiger partial charge on any atom is 0.322 e. The second-order valence-corrected chi connectivity index (χ2v) is 7.12. The van der Waals surface area contributed by atoms with Gasteiger partial charge in [-0.05, 0) is 37.6 Å². The molecule has 0 radical (unpaired) electrons. The number of nitrogens with zero attached hydrogens (tertiary/aromatic N) is 2. The van der Waals surface area contributed by atoms with E-state index in [0.29, 0.717) is 17.7 Å². The van der Waals surface area contributed by atoms with E-state index in [0.717, 1.165) is 6.07 Å². The zero-order valence-electron chi connectivity index (χ0n) is 15.8. The van der Waals surface area contributed by atoms with Crippen molar-refractivity contribution in [2.45, 2.75) is 32.9 Å². The van der Waals surface area contributed by atoms with Crippen LogP contribution in [0.25, 0.3) is 11.3 Å². The summed E-state index contributed by atoms with van der Waals surface area (Å²) in [5.41, 5.74) is 1.82. The number of aromatic nitrogens is 1. The van der Waals surface area contributed by atoms with Gasteiger partial charge in [0.05, 0.1) is 17.8 Å². The quantitative estimate of drug-likeness (QED) is 0.654. The molecule has 2 aromatic carbocycles. The number of aryl methyl sites for hydroxylation is 1. The molecule has 3 aromatic rings. The van der Waals surface area contributed by atoms with Gasteiger partial charge in [0.25, 0.3) is 0 Å². The summed E-state index contributed by atoms with van der Waals surface area (Å²) in [7, 11) is 0. The number of carbonyl (C=O) groups excluding carboxylic acids is 1. The fourth-order valence-electron chi connectivity index (χ4n) is 3.50. The number of fused-ring (bicyclic) bond motifs is 1. The van der Waals surface area contributed by atoms with Gasteiger partial charge in [0, 0.05) is 29.8 Å². The van der Waals surface area contributed by atoms with Crippen LogP contribution < -0.4 is 5.32 Å². The molecule has 1 N–H and O–H groups in total. The van der Waals surface area contributed by atoms with Gasteiger partial charge >= 0.3 is 6.03 Å². The van der Waals surface area contributed by atoms with Gasteiger partial charge < -0.3 is 14.7 Å². The van der Waals surface area contributed by atoms with Crippen molar-refractivity contribution in [3.63, 3.8) is 0 Å². The van der Waals surface area contributed by atoms with E-state index in [4.69, 9.17) is 4.52 Å². The lowest BCUT2D eigenvalue weighted by atomic mass is 9.97. The number of benzene rings is 2. The Balaban J connectivity index is 1.61. The lowest BCUT2D eigenvalue weighted by Gasteiger charge is -2.32. The third-order valence-corrected chi connectivity index (χ3v) is 5.06. The molecule has 1 aromatic heterocycles. The molecule has 2 amide bonds. The van der Waals surface area contributed by atoms with E-state index in [2.05, 4.69) is 10.5 Å². The molecule has 0 spiro atoms. The zero-order valence-corrected chi connectivity index (χ0v) is 15.8. The highest BCUT2D eigenvalue weighted by atomic mass is 19.2. The van der Waals surface area contributed by atoms with Gasteiger partial charge in [0.15, 0.2) is 17.4 Å². The minimum Gasteiger partial charge on any atom is -0.356 e. The van der Waals surface area contributed by atoms with Crippen LogP contribution in [0.2, 0.25) is 0 Å². The van der Waals surface area contributed by atoms with Crippen molar-refractivity contribution in [1.82, 2.24) is 10.1 Å². The van der Waals surface area contributed by atoms with Crippen LogP contribution >= 0.6 is 0 Å². The second-order valence-electron chi connectivity index (χ2n) is 7.12. The molecule has 0 unspecified atom stereocenters. The van der Waals surface area contributed by atoms with E-state index in [9.17, 15) is 18.0 Å². The Morgan fingerprint density at radius 1 is 1.21 bits per heavy atom. The fourth-order valence-corrected chi connectivity index (χ4v) is 3.50. The van der Waals surface area contributed by atoms with E-state index in [1.165, 1.54) is 24.0 Å². The van der Waals surface area contributed by atoms with Crippen LogP contribution in [0.4, 0.5) is 23.7 Å². The Labute approximate surface area is 165 Å². The number of anilines is 1. The Morgan fingerprint density at radius 2 is 1.97 bits per heavy atom.